The molecule has 3 N–H and O–H groups in total. The van der Waals surface area contributed by atoms with E-state index in [1.165, 1.54) is 50.5 Å². The first-order valence-electron chi connectivity index (χ1n) is 10.3. The highest BCUT2D eigenvalue weighted by atomic mass is 16.9. The van der Waals surface area contributed by atoms with Crippen LogP contribution in [0.1, 0.15) is 75.8 Å². The maximum atomic E-state index is 9.19. The normalized spacial score (nSPS) is 28.0. The molecule has 2 aliphatic carbocycles. The van der Waals surface area contributed by atoms with Crippen LogP contribution in [0.2, 0.25) is 0 Å². The summed E-state index contributed by atoms with van der Waals surface area (Å²) in [5, 5.41) is 27.6. The predicted molar refractivity (Wildman–Crippen MR) is 102 cm³/mol. The Bertz CT molecular complexity index is 591. The van der Waals surface area contributed by atoms with E-state index in [0.29, 0.717) is 17.6 Å². The summed E-state index contributed by atoms with van der Waals surface area (Å²) in [7, 11) is 0. The van der Waals surface area contributed by atoms with E-state index in [4.69, 9.17) is 4.74 Å². The van der Waals surface area contributed by atoms with Gasteiger partial charge >= 0.3 is 6.16 Å². The van der Waals surface area contributed by atoms with Crippen molar-refractivity contribution < 1.29 is 20.1 Å². The molecule has 0 aromatic heterocycles. The summed E-state index contributed by atoms with van der Waals surface area (Å²) >= 11 is 0. The van der Waals surface area contributed by atoms with E-state index in [9.17, 15) is 15.3 Å². The maximum absolute atomic E-state index is 9.19. The van der Waals surface area contributed by atoms with E-state index in [1.54, 1.807) is 6.07 Å². The molecule has 146 valence electrons. The summed E-state index contributed by atoms with van der Waals surface area (Å²) in [5.74, 6) is 3.93. The Morgan fingerprint density at radius 3 is 2.35 bits per heavy atom. The molecule has 0 spiro atoms. The monoisotopic (exact) mass is 362 g/mol. The molecule has 4 nitrogen and oxygen atoms in total. The second kappa shape index (κ2) is 7.87. The topological polar surface area (TPSA) is 69.9 Å². The summed E-state index contributed by atoms with van der Waals surface area (Å²) < 4.78 is 4.93. The van der Waals surface area contributed by atoms with E-state index in [-0.39, 0.29) is 0 Å². The molecule has 1 aromatic rings. The van der Waals surface area contributed by atoms with Gasteiger partial charge in [-0.05, 0) is 73.0 Å². The SMILES string of the molecule is CCC[C@H](C1C2CCCC1CC2)[C@@H](C)c1cccc(OC(O)(O)O)c1C. The lowest BCUT2D eigenvalue weighted by Gasteiger charge is -2.40. The Morgan fingerprint density at radius 2 is 1.77 bits per heavy atom. The van der Waals surface area contributed by atoms with Gasteiger partial charge in [0.1, 0.15) is 5.75 Å². The first kappa shape index (κ1) is 19.7. The molecule has 1 aromatic carbocycles. The van der Waals surface area contributed by atoms with Gasteiger partial charge in [0.05, 0.1) is 0 Å². The lowest BCUT2D eigenvalue weighted by atomic mass is 9.65. The van der Waals surface area contributed by atoms with Crippen LogP contribution >= 0.6 is 0 Å². The van der Waals surface area contributed by atoms with Crippen molar-refractivity contribution in [2.24, 2.45) is 23.7 Å². The highest BCUT2D eigenvalue weighted by molar-refractivity contribution is 5.41. The zero-order valence-corrected chi connectivity index (χ0v) is 16.3. The third kappa shape index (κ3) is 4.08. The van der Waals surface area contributed by atoms with Crippen molar-refractivity contribution in [1.82, 2.24) is 0 Å². The van der Waals surface area contributed by atoms with Gasteiger partial charge in [0.25, 0.3) is 0 Å². The van der Waals surface area contributed by atoms with E-state index >= 15 is 0 Å². The molecule has 2 saturated carbocycles. The first-order chi connectivity index (χ1) is 12.3. The second-order valence-electron chi connectivity index (χ2n) is 8.49. The van der Waals surface area contributed by atoms with Gasteiger partial charge in [0.15, 0.2) is 0 Å². The molecular formula is C22H34O4. The molecule has 0 saturated heterocycles. The van der Waals surface area contributed by atoms with E-state index < -0.39 is 6.16 Å². The fourth-order valence-electron chi connectivity index (χ4n) is 5.94. The molecule has 0 radical (unpaired) electrons. The predicted octanol–water partition coefficient (Wildman–Crippen LogP) is 4.31. The molecule has 26 heavy (non-hydrogen) atoms. The number of hydrogen-bond donors (Lipinski definition) is 3. The van der Waals surface area contributed by atoms with Crippen molar-refractivity contribution in [3.05, 3.63) is 29.3 Å². The number of aliphatic hydroxyl groups is 3. The smallest absolute Gasteiger partial charge is 0.417 e. The molecule has 2 aliphatic rings. The van der Waals surface area contributed by atoms with Crippen LogP contribution in [0.3, 0.4) is 0 Å². The van der Waals surface area contributed by atoms with Crippen LogP contribution in [0.4, 0.5) is 0 Å². The maximum Gasteiger partial charge on any atom is 0.453 e. The van der Waals surface area contributed by atoms with Crippen LogP contribution in [0.5, 0.6) is 5.75 Å². The minimum absolute atomic E-state index is 0.323. The molecule has 2 bridgehead atoms. The zero-order chi connectivity index (χ0) is 18.9. The van der Waals surface area contributed by atoms with Crippen LogP contribution in [0, 0.1) is 30.6 Å². The van der Waals surface area contributed by atoms with Gasteiger partial charge in [0, 0.05) is 0 Å². The van der Waals surface area contributed by atoms with Gasteiger partial charge in [0.2, 0.25) is 0 Å². The Morgan fingerprint density at radius 1 is 1.12 bits per heavy atom. The molecule has 4 atom stereocenters. The summed E-state index contributed by atoms with van der Waals surface area (Å²) in [6.07, 6.45) is 6.24. The molecule has 3 rings (SSSR count). The number of fused-ring (bicyclic) bond motifs is 2. The van der Waals surface area contributed by atoms with Crippen LogP contribution in [-0.4, -0.2) is 21.5 Å². The number of benzene rings is 1. The molecular weight excluding hydrogens is 328 g/mol. The van der Waals surface area contributed by atoms with Crippen molar-refractivity contribution in [3.63, 3.8) is 0 Å². The van der Waals surface area contributed by atoms with Gasteiger partial charge in [-0.3, -0.25) is 0 Å². The molecule has 0 heterocycles. The molecule has 0 aliphatic heterocycles. The molecule has 4 heteroatoms. The van der Waals surface area contributed by atoms with Crippen molar-refractivity contribution in [2.75, 3.05) is 0 Å². The van der Waals surface area contributed by atoms with Crippen molar-refractivity contribution in [3.8, 4) is 5.75 Å². The van der Waals surface area contributed by atoms with Gasteiger partial charge < -0.3 is 20.1 Å². The fraction of sp³-hybridized carbons (Fsp3) is 0.727. The number of rotatable bonds is 7. The third-order valence-electron chi connectivity index (χ3n) is 6.97. The number of ether oxygens (including phenoxy) is 1. The fourth-order valence-corrected chi connectivity index (χ4v) is 5.94. The minimum atomic E-state index is -3.14. The summed E-state index contributed by atoms with van der Waals surface area (Å²) in [5.41, 5.74) is 2.07. The van der Waals surface area contributed by atoms with Gasteiger partial charge in [-0.15, -0.1) is 0 Å². The lowest BCUT2D eigenvalue weighted by molar-refractivity contribution is -0.419. The van der Waals surface area contributed by atoms with Crippen LogP contribution in [0.25, 0.3) is 0 Å². The quantitative estimate of drug-likeness (QED) is 0.632. The number of hydrogen-bond acceptors (Lipinski definition) is 4. The summed E-state index contributed by atoms with van der Waals surface area (Å²) in [4.78, 5) is 0. The van der Waals surface area contributed by atoms with Crippen LogP contribution in [-0.2, 0) is 0 Å². The summed E-state index contributed by atoms with van der Waals surface area (Å²) in [6.45, 7) is 6.52. The Kier molecular flexibility index (Phi) is 5.95. The van der Waals surface area contributed by atoms with Crippen LogP contribution < -0.4 is 4.74 Å². The molecule has 2 unspecified atom stereocenters. The minimum Gasteiger partial charge on any atom is -0.417 e. The Hall–Kier alpha value is -1.10. The first-order valence-corrected chi connectivity index (χ1v) is 10.3. The van der Waals surface area contributed by atoms with Gasteiger partial charge in [-0.2, -0.15) is 0 Å². The average molecular weight is 363 g/mol. The van der Waals surface area contributed by atoms with E-state index in [0.717, 1.165) is 23.3 Å². The highest BCUT2D eigenvalue weighted by Gasteiger charge is 2.44. The standard InChI is InChI=1S/C22H34O4/c1-4-7-19(21-16-8-5-9-17(21)13-12-16)14(2)18-10-6-11-20(15(18)3)26-22(23,24)25/h6,10-11,14,16-17,19,21,23-25H,4-5,7-9,12-13H2,1-3H3/t14-,16?,17?,19-,21?/m0/s1. The Balaban J connectivity index is 1.88. The summed E-state index contributed by atoms with van der Waals surface area (Å²) in [6, 6.07) is 5.66. The highest BCUT2D eigenvalue weighted by Crippen LogP contribution is 2.54. The van der Waals surface area contributed by atoms with Crippen LogP contribution in [0.15, 0.2) is 18.2 Å². The molecule has 0 amide bonds. The Labute approximate surface area is 157 Å². The average Bonchev–Trinajstić information content (AvgIpc) is 2.81. The van der Waals surface area contributed by atoms with Crippen molar-refractivity contribution in [1.29, 1.82) is 0 Å². The van der Waals surface area contributed by atoms with E-state index in [2.05, 4.69) is 19.9 Å². The van der Waals surface area contributed by atoms with Crippen molar-refractivity contribution >= 4 is 0 Å². The third-order valence-corrected chi connectivity index (χ3v) is 6.97. The molecule has 2 fully saturated rings. The van der Waals surface area contributed by atoms with E-state index in [1.807, 2.05) is 13.0 Å². The van der Waals surface area contributed by atoms with Gasteiger partial charge in [-0.1, -0.05) is 51.7 Å². The largest absolute Gasteiger partial charge is 0.453 e. The zero-order valence-electron chi connectivity index (χ0n) is 16.3. The van der Waals surface area contributed by atoms with Gasteiger partial charge in [-0.25, -0.2) is 0 Å². The van der Waals surface area contributed by atoms with Crippen molar-refractivity contribution in [2.45, 2.75) is 77.8 Å². The lowest BCUT2D eigenvalue weighted by Crippen LogP contribution is -2.35. The second-order valence-corrected chi connectivity index (χ2v) is 8.49.